The van der Waals surface area contributed by atoms with Crippen LogP contribution in [0.2, 0.25) is 0 Å². The van der Waals surface area contributed by atoms with E-state index in [1.54, 1.807) is 0 Å². The summed E-state index contributed by atoms with van der Waals surface area (Å²) in [6.07, 6.45) is 4.30. The second kappa shape index (κ2) is 5.35. The Morgan fingerprint density at radius 2 is 1.87 bits per heavy atom. The quantitative estimate of drug-likeness (QED) is 0.485. The van der Waals surface area contributed by atoms with E-state index >= 15 is 0 Å². The lowest BCUT2D eigenvalue weighted by Crippen LogP contribution is -2.76. The van der Waals surface area contributed by atoms with Gasteiger partial charge in [-0.3, -0.25) is 14.4 Å². The van der Waals surface area contributed by atoms with Crippen LogP contribution in [-0.2, 0) is 19.1 Å². The second-order valence-corrected chi connectivity index (χ2v) is 11.5. The molecule has 1 N–H and O–H groups in total. The molecule has 0 aromatic heterocycles. The fourth-order valence-electron chi connectivity index (χ4n) is 9.78. The molecule has 6 nitrogen and oxygen atoms in total. The summed E-state index contributed by atoms with van der Waals surface area (Å²) < 4.78 is 5.94. The lowest BCUT2D eigenvalue weighted by atomic mass is 9.29. The van der Waals surface area contributed by atoms with Crippen LogP contribution in [0.25, 0.3) is 0 Å². The normalized spacial score (nSPS) is 58.4. The molecule has 6 aliphatic rings. The van der Waals surface area contributed by atoms with E-state index < -0.39 is 34.4 Å². The summed E-state index contributed by atoms with van der Waals surface area (Å²) in [4.78, 5) is 37.7. The molecule has 5 aliphatic carbocycles. The van der Waals surface area contributed by atoms with Gasteiger partial charge in [-0.15, -0.1) is 0 Å². The van der Waals surface area contributed by atoms with E-state index in [2.05, 4.69) is 19.9 Å². The highest BCUT2D eigenvalue weighted by atomic mass is 16.6. The predicted molar refractivity (Wildman–Crippen MR) is 103 cm³/mol. The number of aliphatic hydroxyl groups excluding tert-OH is 1. The molecular weight excluding hydrogens is 382 g/mol. The smallest absolute Gasteiger partial charge is 0.306 e. The molecule has 10 unspecified atom stereocenters. The minimum absolute atomic E-state index is 0.0484. The third kappa shape index (κ3) is 1.70. The minimum Gasteiger partial charge on any atom is -0.458 e. The monoisotopic (exact) mass is 411 g/mol. The van der Waals surface area contributed by atoms with Gasteiger partial charge in [0.05, 0.1) is 23.5 Å². The van der Waals surface area contributed by atoms with Crippen molar-refractivity contribution in [2.45, 2.75) is 76.9 Å². The van der Waals surface area contributed by atoms with Gasteiger partial charge in [0.1, 0.15) is 17.2 Å². The van der Waals surface area contributed by atoms with Crippen molar-refractivity contribution in [3.63, 3.8) is 0 Å². The van der Waals surface area contributed by atoms with Crippen LogP contribution in [-0.4, -0.2) is 34.3 Å². The number of aliphatic hydroxyl groups is 1. The average molecular weight is 411 g/mol. The standard InChI is InChI=1S/C24H29NO5/c1-21-6-4-15(26)19-20(29)14(24(19,21)11-25)9-12-13-3-7-23(8-5-17(28)30-23)22(13,2)10-16(27)18(12)21/h12-14,16,18-19,27H,3-10H2,1-2H3. The largest absolute Gasteiger partial charge is 0.458 e. The first kappa shape index (κ1) is 19.0. The fourth-order valence-corrected chi connectivity index (χ4v) is 9.78. The molecule has 10 atom stereocenters. The Bertz CT molecular complexity index is 938. The van der Waals surface area contributed by atoms with Crippen molar-refractivity contribution in [3.05, 3.63) is 0 Å². The minimum atomic E-state index is -0.953. The maximum atomic E-state index is 13.0. The summed E-state index contributed by atoms with van der Waals surface area (Å²) in [5.74, 6) is -1.19. The van der Waals surface area contributed by atoms with Crippen molar-refractivity contribution in [3.8, 4) is 6.07 Å². The van der Waals surface area contributed by atoms with Gasteiger partial charge in [0, 0.05) is 24.2 Å². The molecular formula is C24H29NO5. The van der Waals surface area contributed by atoms with E-state index in [0.717, 1.165) is 12.8 Å². The summed E-state index contributed by atoms with van der Waals surface area (Å²) in [6, 6.07) is 2.48. The zero-order chi connectivity index (χ0) is 21.3. The highest BCUT2D eigenvalue weighted by Crippen LogP contribution is 2.77. The summed E-state index contributed by atoms with van der Waals surface area (Å²) in [5, 5.41) is 21.8. The van der Waals surface area contributed by atoms with Crippen LogP contribution in [0, 0.1) is 57.2 Å². The van der Waals surface area contributed by atoms with E-state index in [9.17, 15) is 24.8 Å². The fraction of sp³-hybridized carbons (Fsp3) is 0.833. The van der Waals surface area contributed by atoms with Crippen molar-refractivity contribution in [2.24, 2.45) is 45.8 Å². The number of carbonyl (C=O) groups is 3. The van der Waals surface area contributed by atoms with Gasteiger partial charge >= 0.3 is 5.97 Å². The van der Waals surface area contributed by atoms with E-state index in [0.29, 0.717) is 38.5 Å². The molecule has 6 heteroatoms. The van der Waals surface area contributed by atoms with Crippen LogP contribution in [0.3, 0.4) is 0 Å². The molecule has 0 bridgehead atoms. The number of ketones is 2. The number of hydrogen-bond acceptors (Lipinski definition) is 6. The van der Waals surface area contributed by atoms with Gasteiger partial charge in [-0.1, -0.05) is 13.8 Å². The van der Waals surface area contributed by atoms with Gasteiger partial charge in [-0.2, -0.15) is 5.26 Å². The Hall–Kier alpha value is -1.74. The highest BCUT2D eigenvalue weighted by Gasteiger charge is 2.81. The zero-order valence-corrected chi connectivity index (χ0v) is 17.6. The van der Waals surface area contributed by atoms with E-state index in [-0.39, 0.29) is 40.7 Å². The van der Waals surface area contributed by atoms with Crippen molar-refractivity contribution < 1.29 is 24.2 Å². The lowest BCUT2D eigenvalue weighted by molar-refractivity contribution is -0.249. The molecule has 0 amide bonds. The Kier molecular flexibility index (Phi) is 3.39. The van der Waals surface area contributed by atoms with Crippen molar-refractivity contribution >= 4 is 17.5 Å². The van der Waals surface area contributed by atoms with Crippen LogP contribution in [0.1, 0.15) is 65.2 Å². The number of fused-ring (bicyclic) bond motifs is 5. The van der Waals surface area contributed by atoms with Gasteiger partial charge in [0.15, 0.2) is 0 Å². The number of nitriles is 1. The second-order valence-electron chi connectivity index (χ2n) is 11.5. The molecule has 6 rings (SSSR count). The Morgan fingerprint density at radius 3 is 2.53 bits per heavy atom. The summed E-state index contributed by atoms with van der Waals surface area (Å²) in [7, 11) is 0. The molecule has 6 fully saturated rings. The SMILES string of the molecule is CC12CC(O)C3C(CC4C(=O)C5C(=O)CCC3(C)C45C#N)C1CCC21CCC(=O)O1. The number of Topliss-reactive ketones (excluding diaryl/α,β-unsaturated/α-hetero) is 2. The van der Waals surface area contributed by atoms with Crippen LogP contribution < -0.4 is 0 Å². The maximum absolute atomic E-state index is 13.0. The Labute approximate surface area is 176 Å². The Morgan fingerprint density at radius 1 is 1.10 bits per heavy atom. The van der Waals surface area contributed by atoms with Crippen LogP contribution in [0.5, 0.6) is 0 Å². The molecule has 0 aromatic carbocycles. The van der Waals surface area contributed by atoms with Crippen LogP contribution >= 0.6 is 0 Å². The highest BCUT2D eigenvalue weighted by molar-refractivity contribution is 6.11. The molecule has 30 heavy (non-hydrogen) atoms. The molecule has 1 aliphatic heterocycles. The number of hydrogen-bond donors (Lipinski definition) is 1. The molecule has 1 heterocycles. The first-order chi connectivity index (χ1) is 14.2. The van der Waals surface area contributed by atoms with Crippen LogP contribution in [0.15, 0.2) is 0 Å². The van der Waals surface area contributed by atoms with Gasteiger partial charge < -0.3 is 9.84 Å². The number of nitrogens with zero attached hydrogens (tertiary/aromatic N) is 1. The molecule has 160 valence electrons. The van der Waals surface area contributed by atoms with Crippen molar-refractivity contribution in [1.82, 2.24) is 0 Å². The lowest BCUT2D eigenvalue weighted by Gasteiger charge is -2.71. The van der Waals surface area contributed by atoms with E-state index in [4.69, 9.17) is 4.74 Å². The molecule has 0 radical (unpaired) electrons. The first-order valence-corrected chi connectivity index (χ1v) is 11.5. The molecule has 1 saturated heterocycles. The predicted octanol–water partition coefficient (Wildman–Crippen LogP) is 2.57. The molecule has 5 saturated carbocycles. The number of carbonyl (C=O) groups excluding carboxylic acids is 3. The topological polar surface area (TPSA) is 104 Å². The van der Waals surface area contributed by atoms with Crippen molar-refractivity contribution in [2.75, 3.05) is 0 Å². The molecule has 0 aromatic rings. The number of ether oxygens (including phenoxy) is 1. The van der Waals surface area contributed by atoms with Gasteiger partial charge in [0.2, 0.25) is 0 Å². The van der Waals surface area contributed by atoms with Gasteiger partial charge in [-0.25, -0.2) is 0 Å². The van der Waals surface area contributed by atoms with E-state index in [1.165, 1.54) is 0 Å². The third-order valence-corrected chi connectivity index (χ3v) is 11.0. The number of rotatable bonds is 0. The first-order valence-electron chi connectivity index (χ1n) is 11.5. The summed E-state index contributed by atoms with van der Waals surface area (Å²) in [5.41, 5.74) is -2.30. The van der Waals surface area contributed by atoms with E-state index in [1.807, 2.05) is 0 Å². The van der Waals surface area contributed by atoms with Crippen LogP contribution in [0.4, 0.5) is 0 Å². The van der Waals surface area contributed by atoms with Gasteiger partial charge in [0.25, 0.3) is 0 Å². The Balaban J connectivity index is 1.46. The molecule has 1 spiro atoms. The van der Waals surface area contributed by atoms with Gasteiger partial charge in [-0.05, 0) is 61.7 Å². The maximum Gasteiger partial charge on any atom is 0.306 e. The van der Waals surface area contributed by atoms with Crippen molar-refractivity contribution in [1.29, 1.82) is 5.26 Å². The third-order valence-electron chi connectivity index (χ3n) is 11.0. The summed E-state index contributed by atoms with van der Waals surface area (Å²) >= 11 is 0. The number of esters is 1. The zero-order valence-electron chi connectivity index (χ0n) is 17.6. The summed E-state index contributed by atoms with van der Waals surface area (Å²) in [6.45, 7) is 4.24. The average Bonchev–Trinajstić information content (AvgIpc) is 3.21.